The first kappa shape index (κ1) is 13.8. The Labute approximate surface area is 124 Å². The number of carboxylic acid groups (broad SMARTS) is 1. The van der Waals surface area contributed by atoms with Crippen LogP contribution in [0, 0.1) is 0 Å². The van der Waals surface area contributed by atoms with Gasteiger partial charge in [0.25, 0.3) is 0 Å². The van der Waals surface area contributed by atoms with Crippen molar-refractivity contribution in [3.63, 3.8) is 0 Å². The van der Waals surface area contributed by atoms with Crippen molar-refractivity contribution in [2.45, 2.75) is 39.0 Å². The van der Waals surface area contributed by atoms with E-state index in [2.05, 4.69) is 25.1 Å². The van der Waals surface area contributed by atoms with Crippen molar-refractivity contribution in [2.24, 2.45) is 0 Å². The Morgan fingerprint density at radius 1 is 1.33 bits per heavy atom. The number of nitrogens with zero attached hydrogens (tertiary/aromatic N) is 1. The zero-order valence-corrected chi connectivity index (χ0v) is 12.2. The standard InChI is InChI=1S/C18H19NO2/c1-2-12-7-9-17-15(11-12)13(8-10-18(20)21)14-5-3-4-6-16(14)19-17/h7-11H,2-6H2,1H3,(H,20,21)/b10-8+. The predicted molar refractivity (Wildman–Crippen MR) is 84.4 cm³/mol. The molecule has 0 saturated carbocycles. The van der Waals surface area contributed by atoms with Crippen molar-refractivity contribution in [2.75, 3.05) is 0 Å². The van der Waals surface area contributed by atoms with Crippen LogP contribution in [-0.4, -0.2) is 16.1 Å². The minimum absolute atomic E-state index is 0.906. The second kappa shape index (κ2) is 5.68. The van der Waals surface area contributed by atoms with Crippen LogP contribution in [0.5, 0.6) is 0 Å². The molecule has 0 atom stereocenters. The lowest BCUT2D eigenvalue weighted by atomic mass is 9.89. The van der Waals surface area contributed by atoms with Crippen LogP contribution < -0.4 is 0 Å². The van der Waals surface area contributed by atoms with Gasteiger partial charge >= 0.3 is 5.97 Å². The number of rotatable bonds is 3. The third-order valence-corrected chi connectivity index (χ3v) is 4.17. The molecule has 0 saturated heterocycles. The molecule has 1 heterocycles. The fourth-order valence-corrected chi connectivity index (χ4v) is 3.07. The lowest BCUT2D eigenvalue weighted by molar-refractivity contribution is -0.131. The van der Waals surface area contributed by atoms with E-state index >= 15 is 0 Å². The average Bonchev–Trinajstić information content (AvgIpc) is 2.50. The van der Waals surface area contributed by atoms with E-state index in [9.17, 15) is 4.79 Å². The van der Waals surface area contributed by atoms with Crippen molar-refractivity contribution in [3.05, 3.63) is 46.7 Å². The van der Waals surface area contributed by atoms with Crippen LogP contribution in [-0.2, 0) is 24.1 Å². The summed E-state index contributed by atoms with van der Waals surface area (Å²) in [5.41, 5.74) is 5.65. The Morgan fingerprint density at radius 3 is 2.90 bits per heavy atom. The van der Waals surface area contributed by atoms with Gasteiger partial charge in [0.05, 0.1) is 5.52 Å². The minimum Gasteiger partial charge on any atom is -0.478 e. The number of carbonyl (C=O) groups is 1. The number of aryl methyl sites for hydroxylation is 2. The fourth-order valence-electron chi connectivity index (χ4n) is 3.07. The van der Waals surface area contributed by atoms with Crippen LogP contribution in [0.15, 0.2) is 24.3 Å². The number of hydrogen-bond donors (Lipinski definition) is 1. The SMILES string of the molecule is CCc1ccc2nc3c(c(/C=C/C(=O)O)c2c1)CCCC3. The number of aliphatic carboxylic acids is 1. The number of fused-ring (bicyclic) bond motifs is 2. The number of benzene rings is 1. The Kier molecular flexibility index (Phi) is 3.74. The van der Waals surface area contributed by atoms with E-state index in [1.165, 1.54) is 23.6 Å². The molecule has 0 bridgehead atoms. The first-order valence-electron chi connectivity index (χ1n) is 7.54. The maximum absolute atomic E-state index is 10.9. The molecule has 1 N–H and O–H groups in total. The highest BCUT2D eigenvalue weighted by Crippen LogP contribution is 2.30. The molecule has 3 heteroatoms. The first-order valence-corrected chi connectivity index (χ1v) is 7.54. The van der Waals surface area contributed by atoms with Crippen LogP contribution in [0.3, 0.4) is 0 Å². The van der Waals surface area contributed by atoms with E-state index in [1.54, 1.807) is 6.08 Å². The molecule has 1 aliphatic rings. The monoisotopic (exact) mass is 281 g/mol. The largest absolute Gasteiger partial charge is 0.478 e. The van der Waals surface area contributed by atoms with Gasteiger partial charge in [0, 0.05) is 17.2 Å². The first-order chi connectivity index (χ1) is 10.2. The van der Waals surface area contributed by atoms with Crippen molar-refractivity contribution in [3.8, 4) is 0 Å². The number of hydrogen-bond acceptors (Lipinski definition) is 2. The van der Waals surface area contributed by atoms with Gasteiger partial charge in [0.1, 0.15) is 0 Å². The van der Waals surface area contributed by atoms with E-state index in [-0.39, 0.29) is 0 Å². The summed E-state index contributed by atoms with van der Waals surface area (Å²) in [6.07, 6.45) is 8.26. The molecule has 0 aliphatic heterocycles. The van der Waals surface area contributed by atoms with Gasteiger partial charge in [-0.2, -0.15) is 0 Å². The van der Waals surface area contributed by atoms with Gasteiger partial charge in [-0.25, -0.2) is 4.79 Å². The lowest BCUT2D eigenvalue weighted by Crippen LogP contribution is -2.08. The van der Waals surface area contributed by atoms with Crippen LogP contribution in [0.25, 0.3) is 17.0 Å². The maximum atomic E-state index is 10.9. The summed E-state index contributed by atoms with van der Waals surface area (Å²) in [5.74, 6) is -0.906. The second-order valence-corrected chi connectivity index (χ2v) is 5.53. The number of carboxylic acids is 1. The minimum atomic E-state index is -0.906. The van der Waals surface area contributed by atoms with Crippen molar-refractivity contribution in [1.29, 1.82) is 0 Å². The van der Waals surface area contributed by atoms with E-state index in [4.69, 9.17) is 10.1 Å². The summed E-state index contributed by atoms with van der Waals surface area (Å²) in [7, 11) is 0. The van der Waals surface area contributed by atoms with Crippen LogP contribution in [0.2, 0.25) is 0 Å². The van der Waals surface area contributed by atoms with Gasteiger partial charge in [-0.1, -0.05) is 13.0 Å². The third kappa shape index (κ3) is 2.68. The van der Waals surface area contributed by atoms with E-state index in [0.29, 0.717) is 0 Å². The quantitative estimate of drug-likeness (QED) is 0.871. The van der Waals surface area contributed by atoms with Crippen LogP contribution in [0.4, 0.5) is 0 Å². The molecule has 1 aromatic heterocycles. The van der Waals surface area contributed by atoms with Gasteiger partial charge in [0.2, 0.25) is 0 Å². The average molecular weight is 281 g/mol. The number of aromatic nitrogens is 1. The highest BCUT2D eigenvalue weighted by molar-refractivity contribution is 5.94. The Balaban J connectivity index is 2.28. The molecule has 3 rings (SSSR count). The maximum Gasteiger partial charge on any atom is 0.328 e. The number of pyridine rings is 1. The molecular weight excluding hydrogens is 262 g/mol. The summed E-state index contributed by atoms with van der Waals surface area (Å²) in [6, 6.07) is 6.31. The van der Waals surface area contributed by atoms with E-state index in [0.717, 1.165) is 47.8 Å². The molecule has 0 radical (unpaired) electrons. The van der Waals surface area contributed by atoms with Gasteiger partial charge in [-0.3, -0.25) is 4.98 Å². The summed E-state index contributed by atoms with van der Waals surface area (Å²) in [4.78, 5) is 15.7. The van der Waals surface area contributed by atoms with E-state index in [1.807, 2.05) is 0 Å². The summed E-state index contributed by atoms with van der Waals surface area (Å²) < 4.78 is 0. The van der Waals surface area contributed by atoms with E-state index < -0.39 is 5.97 Å². The third-order valence-electron chi connectivity index (χ3n) is 4.17. The van der Waals surface area contributed by atoms with Gasteiger partial charge in [0.15, 0.2) is 0 Å². The molecule has 108 valence electrons. The normalized spacial score (nSPS) is 14.5. The van der Waals surface area contributed by atoms with Crippen molar-refractivity contribution >= 4 is 22.9 Å². The highest BCUT2D eigenvalue weighted by atomic mass is 16.4. The van der Waals surface area contributed by atoms with Crippen molar-refractivity contribution < 1.29 is 9.90 Å². The Hall–Kier alpha value is -2.16. The van der Waals surface area contributed by atoms with Crippen LogP contribution in [0.1, 0.15) is 42.1 Å². The van der Waals surface area contributed by atoms with Gasteiger partial charge in [-0.05, 0) is 67.0 Å². The van der Waals surface area contributed by atoms with Crippen LogP contribution >= 0.6 is 0 Å². The fraction of sp³-hybridized carbons (Fsp3) is 0.333. The Morgan fingerprint density at radius 2 is 2.14 bits per heavy atom. The zero-order chi connectivity index (χ0) is 14.8. The van der Waals surface area contributed by atoms with Gasteiger partial charge < -0.3 is 5.11 Å². The predicted octanol–water partition coefficient (Wildman–Crippen LogP) is 3.77. The molecular formula is C18H19NO2. The molecule has 3 nitrogen and oxygen atoms in total. The zero-order valence-electron chi connectivity index (χ0n) is 12.2. The molecule has 21 heavy (non-hydrogen) atoms. The second-order valence-electron chi connectivity index (χ2n) is 5.53. The molecule has 2 aromatic rings. The smallest absolute Gasteiger partial charge is 0.328 e. The van der Waals surface area contributed by atoms with Gasteiger partial charge in [-0.15, -0.1) is 0 Å². The lowest BCUT2D eigenvalue weighted by Gasteiger charge is -2.19. The molecule has 0 amide bonds. The molecule has 0 spiro atoms. The topological polar surface area (TPSA) is 50.2 Å². The highest BCUT2D eigenvalue weighted by Gasteiger charge is 2.17. The molecule has 1 aliphatic carbocycles. The summed E-state index contributed by atoms with van der Waals surface area (Å²) in [5, 5.41) is 10.0. The molecule has 0 fully saturated rings. The van der Waals surface area contributed by atoms with Crippen molar-refractivity contribution in [1.82, 2.24) is 4.98 Å². The summed E-state index contributed by atoms with van der Waals surface area (Å²) >= 11 is 0. The summed E-state index contributed by atoms with van der Waals surface area (Å²) in [6.45, 7) is 2.12. The molecule has 1 aromatic carbocycles. The molecule has 0 unspecified atom stereocenters. The Bertz CT molecular complexity index is 732.